The van der Waals surface area contributed by atoms with Crippen LogP contribution in [0.15, 0.2) is 96.3 Å². The highest BCUT2D eigenvalue weighted by atomic mass is 28.4. The smallest absolute Gasteiger partial charge is 0.324 e. The van der Waals surface area contributed by atoms with Crippen molar-refractivity contribution in [3.8, 4) is 5.75 Å². The van der Waals surface area contributed by atoms with Crippen LogP contribution in [0.3, 0.4) is 0 Å². The molecule has 0 amide bonds. The van der Waals surface area contributed by atoms with Crippen molar-refractivity contribution in [1.82, 2.24) is 0 Å². The molecule has 0 spiro atoms. The molecule has 0 aromatic heterocycles. The third kappa shape index (κ3) is 7.32. The number of hydrogen-bond donors (Lipinski definition) is 0. The normalized spacial score (nSPS) is 36.4. The minimum absolute atomic E-state index is 0.125. The number of fused-ring (bicyclic) bond motifs is 1. The van der Waals surface area contributed by atoms with Crippen molar-refractivity contribution in [3.63, 3.8) is 0 Å². The number of ether oxygens (including phenoxy) is 3. The van der Waals surface area contributed by atoms with Gasteiger partial charge in [0.05, 0.1) is 12.9 Å². The molecule has 8 bridgehead atoms. The van der Waals surface area contributed by atoms with E-state index in [0.717, 1.165) is 124 Å². The predicted octanol–water partition coefficient (Wildman–Crippen LogP) is 11.7. The average molecular weight is 881 g/mol. The molecule has 0 unspecified atom stereocenters. The first-order valence-electron chi connectivity index (χ1n) is 25.6. The highest BCUT2D eigenvalue weighted by Gasteiger charge is 2.63. The standard InChI is InChI=1S/C57H72O6Si/c1-56(2,3)64(47-14-8-5-9-15-47,48-16-10-6-11-17-48)63-51-34-45(40-20-22-46(60-4)23-21-40)35-57(50-19-13-7-12-18-49(50)51,54(58)61-52-41-26-36-24-37(28-41)29-42(52)27-36)55(59)62-53-43-30-38-25-39(32-43)33-44(53)31-38/h5-6,8-11,14-17,20-23,36-39,41-45,50,52-53H,7,12-13,18-19,24-35H2,1-4H3/t36?,37?,38?,39?,41?,42?,43?,44?,45-,50-,52?,53?,57?/m0/s1. The number of esters is 2. The number of allylic oxidation sites excluding steroid dienone is 2. The number of carbonyl (C=O) groups excluding carboxylic acids is 2. The molecule has 9 saturated carbocycles. The lowest BCUT2D eigenvalue weighted by Gasteiger charge is -2.55. The van der Waals surface area contributed by atoms with Gasteiger partial charge in [-0.3, -0.25) is 9.59 Å². The van der Waals surface area contributed by atoms with Gasteiger partial charge >= 0.3 is 20.3 Å². The van der Waals surface area contributed by atoms with Crippen LogP contribution in [0, 0.1) is 58.7 Å². The van der Waals surface area contributed by atoms with E-state index in [1.54, 1.807) is 7.11 Å². The molecule has 3 aromatic carbocycles. The molecular formula is C57H72O6Si. The Morgan fingerprint density at radius 2 is 1.09 bits per heavy atom. The van der Waals surface area contributed by atoms with Gasteiger partial charge in [0.1, 0.15) is 18.0 Å². The van der Waals surface area contributed by atoms with Crippen molar-refractivity contribution >= 4 is 30.6 Å². The molecule has 0 saturated heterocycles. The van der Waals surface area contributed by atoms with Crippen LogP contribution in [-0.2, 0) is 23.5 Å². The van der Waals surface area contributed by atoms with Gasteiger partial charge in [0.15, 0.2) is 5.41 Å². The quantitative estimate of drug-likeness (QED) is 0.115. The summed E-state index contributed by atoms with van der Waals surface area (Å²) in [4.78, 5) is 32.6. The number of carbonyl (C=O) groups is 2. The van der Waals surface area contributed by atoms with E-state index in [0.29, 0.717) is 36.5 Å². The van der Waals surface area contributed by atoms with E-state index >= 15 is 9.59 Å². The fourth-order valence-corrected chi connectivity index (χ4v) is 20.7. The topological polar surface area (TPSA) is 71.1 Å². The van der Waals surface area contributed by atoms with Crippen molar-refractivity contribution in [2.45, 2.75) is 153 Å². The molecule has 13 rings (SSSR count). The Morgan fingerprint density at radius 1 is 0.609 bits per heavy atom. The first-order valence-corrected chi connectivity index (χ1v) is 27.5. The van der Waals surface area contributed by atoms with E-state index in [2.05, 4.69) is 93.6 Å². The molecule has 0 N–H and O–H groups in total. The lowest BCUT2D eigenvalue weighted by molar-refractivity contribution is -0.203. The van der Waals surface area contributed by atoms with Crippen molar-refractivity contribution < 1.29 is 28.2 Å². The molecule has 0 heterocycles. The highest BCUT2D eigenvalue weighted by molar-refractivity contribution is 6.99. The fraction of sp³-hybridized carbons (Fsp3) is 0.614. The van der Waals surface area contributed by atoms with E-state index in [1.807, 2.05) is 12.1 Å². The minimum atomic E-state index is -3.11. The van der Waals surface area contributed by atoms with Gasteiger partial charge in [-0.2, -0.15) is 0 Å². The van der Waals surface area contributed by atoms with Crippen LogP contribution in [0.4, 0.5) is 0 Å². The highest BCUT2D eigenvalue weighted by Crippen LogP contribution is 2.60. The van der Waals surface area contributed by atoms with Crippen LogP contribution in [0.2, 0.25) is 5.04 Å². The molecule has 64 heavy (non-hydrogen) atoms. The Labute approximate surface area is 383 Å². The van der Waals surface area contributed by atoms with E-state index in [4.69, 9.17) is 18.6 Å². The molecule has 10 aliphatic rings. The third-order valence-corrected chi connectivity index (χ3v) is 23.5. The van der Waals surface area contributed by atoms with Crippen LogP contribution in [-0.4, -0.2) is 39.6 Å². The SMILES string of the molecule is COc1ccc([C@H]2CC(O[Si](c3ccccc3)(c3ccccc3)C(C)(C)C)=C3CCCCC[C@@H]3C(C(=O)OC3C4CC5CC(C4)CC3C5)(C(=O)OC3C4CC5CC(C4)CC3C5)C2)cc1. The molecule has 10 aliphatic carbocycles. The van der Waals surface area contributed by atoms with E-state index < -0.39 is 13.7 Å². The Morgan fingerprint density at radius 3 is 1.55 bits per heavy atom. The zero-order valence-electron chi connectivity index (χ0n) is 39.0. The van der Waals surface area contributed by atoms with Gasteiger partial charge in [0.2, 0.25) is 0 Å². The molecule has 2 atom stereocenters. The Balaban J connectivity index is 1.09. The zero-order valence-corrected chi connectivity index (χ0v) is 40.0. The Kier molecular flexibility index (Phi) is 11.2. The summed E-state index contributed by atoms with van der Waals surface area (Å²) < 4.78 is 28.3. The second kappa shape index (κ2) is 16.8. The molecule has 7 heteroatoms. The summed E-state index contributed by atoms with van der Waals surface area (Å²) in [6, 6.07) is 30.3. The summed E-state index contributed by atoms with van der Waals surface area (Å²) in [5.74, 6) is 5.18. The summed E-state index contributed by atoms with van der Waals surface area (Å²) in [5.41, 5.74) is 0.769. The Bertz CT molecular complexity index is 2060. The summed E-state index contributed by atoms with van der Waals surface area (Å²) in [7, 11) is -1.41. The van der Waals surface area contributed by atoms with Gasteiger partial charge in [0.25, 0.3) is 0 Å². The third-order valence-electron chi connectivity index (χ3n) is 18.6. The maximum absolute atomic E-state index is 16.3. The second-order valence-electron chi connectivity index (χ2n) is 23.3. The fourth-order valence-electron chi connectivity index (χ4n) is 16.2. The number of hydrogen-bond acceptors (Lipinski definition) is 6. The van der Waals surface area contributed by atoms with Crippen LogP contribution in [0.1, 0.15) is 141 Å². The van der Waals surface area contributed by atoms with Crippen molar-refractivity contribution in [2.75, 3.05) is 7.11 Å². The zero-order chi connectivity index (χ0) is 43.8. The number of methoxy groups -OCH3 is 1. The Hall–Kier alpha value is -3.84. The predicted molar refractivity (Wildman–Crippen MR) is 254 cm³/mol. The molecule has 6 nitrogen and oxygen atoms in total. The van der Waals surface area contributed by atoms with Crippen LogP contribution in [0.25, 0.3) is 0 Å². The first-order chi connectivity index (χ1) is 31.0. The molecular weight excluding hydrogens is 809 g/mol. The van der Waals surface area contributed by atoms with Gasteiger partial charge in [-0.05, 0) is 182 Å². The molecule has 0 aliphatic heterocycles. The van der Waals surface area contributed by atoms with Gasteiger partial charge in [-0.15, -0.1) is 0 Å². The van der Waals surface area contributed by atoms with Crippen LogP contribution in [0.5, 0.6) is 5.75 Å². The van der Waals surface area contributed by atoms with Gasteiger partial charge in [0, 0.05) is 12.3 Å². The lowest BCUT2D eigenvalue weighted by Crippen LogP contribution is -2.66. The second-order valence-corrected chi connectivity index (χ2v) is 27.5. The number of rotatable bonds is 10. The van der Waals surface area contributed by atoms with E-state index in [1.165, 1.54) is 28.8 Å². The molecule has 9 fully saturated rings. The minimum Gasteiger partial charge on any atom is -0.537 e. The molecule has 340 valence electrons. The van der Waals surface area contributed by atoms with Crippen LogP contribution >= 0.6 is 0 Å². The van der Waals surface area contributed by atoms with Gasteiger partial charge in [-0.25, -0.2) is 0 Å². The maximum Gasteiger partial charge on any atom is 0.324 e. The first kappa shape index (κ1) is 42.8. The number of benzene rings is 3. The van der Waals surface area contributed by atoms with Crippen LogP contribution < -0.4 is 15.1 Å². The lowest BCUT2D eigenvalue weighted by atomic mass is 9.55. The largest absolute Gasteiger partial charge is 0.537 e. The van der Waals surface area contributed by atoms with E-state index in [-0.39, 0.29) is 41.0 Å². The molecule has 0 radical (unpaired) electrons. The van der Waals surface area contributed by atoms with Crippen molar-refractivity contribution in [1.29, 1.82) is 0 Å². The summed E-state index contributed by atoms with van der Waals surface area (Å²) in [6.07, 6.45) is 17.1. The monoisotopic (exact) mass is 881 g/mol. The molecule has 3 aromatic rings. The van der Waals surface area contributed by atoms with E-state index in [9.17, 15) is 0 Å². The van der Waals surface area contributed by atoms with Crippen molar-refractivity contribution in [3.05, 3.63) is 102 Å². The summed E-state index contributed by atoms with van der Waals surface area (Å²) in [5, 5.41) is 2.19. The maximum atomic E-state index is 16.3. The summed E-state index contributed by atoms with van der Waals surface area (Å²) in [6.45, 7) is 7.05. The summed E-state index contributed by atoms with van der Waals surface area (Å²) >= 11 is 0. The average Bonchev–Trinajstić information content (AvgIpc) is 3.62. The van der Waals surface area contributed by atoms with Crippen molar-refractivity contribution in [2.24, 2.45) is 58.7 Å². The van der Waals surface area contributed by atoms with Gasteiger partial charge in [-0.1, -0.05) is 106 Å². The van der Waals surface area contributed by atoms with Gasteiger partial charge < -0.3 is 18.6 Å².